The maximum atomic E-state index is 9.04. The number of aliphatic hydroxyl groups is 1. The van der Waals surface area contributed by atoms with Crippen LogP contribution in [0.25, 0.3) is 0 Å². The van der Waals surface area contributed by atoms with E-state index < -0.39 is 0 Å². The number of likely N-dealkylation sites (N-methyl/N-ethyl adjacent to an activating group) is 1. The molecule has 0 amide bonds. The minimum Gasteiger partial charge on any atom is -0.483 e. The van der Waals surface area contributed by atoms with Gasteiger partial charge in [-0.25, -0.2) is 0 Å². The maximum Gasteiger partial charge on any atom is 0.290 e. The van der Waals surface area contributed by atoms with Crippen LogP contribution in [0.4, 0.5) is 0 Å². The number of nitrogens with zero attached hydrogens (tertiary/aromatic N) is 1. The minimum absolute atomic E-state index is 0.0613. The highest BCUT2D eigenvalue weighted by Gasteiger charge is 2.12. The third kappa shape index (κ3) is 5.82. The van der Waals surface area contributed by atoms with E-state index >= 15 is 0 Å². The maximum absolute atomic E-state index is 9.04. The Morgan fingerprint density at radius 1 is 1.64 bits per heavy atom. The molecule has 0 saturated carbocycles. The van der Waals surface area contributed by atoms with E-state index in [2.05, 4.69) is 4.90 Å². The predicted molar refractivity (Wildman–Crippen MR) is 41.4 cm³/mol. The molecule has 0 bridgehead atoms. The van der Waals surface area contributed by atoms with Crippen molar-refractivity contribution in [3.05, 3.63) is 0 Å². The zero-order chi connectivity index (χ0) is 8.69. The Kier molecular flexibility index (Phi) is 5.78. The van der Waals surface area contributed by atoms with Gasteiger partial charge in [-0.3, -0.25) is 4.79 Å². The van der Waals surface area contributed by atoms with E-state index in [0.29, 0.717) is 0 Å². The van der Waals surface area contributed by atoms with Crippen LogP contribution in [0.3, 0.4) is 0 Å². The predicted octanol–water partition coefficient (Wildman–Crippen LogP) is -0.226. The smallest absolute Gasteiger partial charge is 0.290 e. The van der Waals surface area contributed by atoms with Crippen LogP contribution >= 0.6 is 0 Å². The molecule has 0 radical (unpaired) electrons. The molecule has 4 heteroatoms. The molecule has 0 aromatic carbocycles. The van der Waals surface area contributed by atoms with E-state index in [-0.39, 0.29) is 12.6 Å². The molecule has 0 spiro atoms. The zero-order valence-corrected chi connectivity index (χ0v) is 6.73. The Hall–Kier alpha value is -0.610. The summed E-state index contributed by atoms with van der Waals surface area (Å²) in [4.78, 5) is 10.5. The molecular formula is C7H15NO3. The summed E-state index contributed by atoms with van der Waals surface area (Å²) in [5, 5.41) is 15.9. The normalized spacial score (nSPS) is 25.1. The lowest BCUT2D eigenvalue weighted by molar-refractivity contribution is -0.122. The second-order valence-electron chi connectivity index (χ2n) is 2.66. The second kappa shape index (κ2) is 6.12. The van der Waals surface area contributed by atoms with Crippen molar-refractivity contribution in [3.63, 3.8) is 0 Å². The third-order valence-corrected chi connectivity index (χ3v) is 1.60. The van der Waals surface area contributed by atoms with Crippen molar-refractivity contribution in [2.75, 3.05) is 20.1 Å². The summed E-state index contributed by atoms with van der Waals surface area (Å²) in [6, 6.07) is 0. The quantitative estimate of drug-likeness (QED) is 0.482. The van der Waals surface area contributed by atoms with Crippen molar-refractivity contribution in [2.24, 2.45) is 0 Å². The molecule has 2 N–H and O–H groups in total. The first-order chi connectivity index (χ1) is 5.20. The van der Waals surface area contributed by atoms with Gasteiger partial charge < -0.3 is 15.1 Å². The van der Waals surface area contributed by atoms with Gasteiger partial charge >= 0.3 is 0 Å². The van der Waals surface area contributed by atoms with Gasteiger partial charge in [0.05, 0.1) is 6.10 Å². The van der Waals surface area contributed by atoms with E-state index in [1.54, 1.807) is 0 Å². The van der Waals surface area contributed by atoms with Crippen LogP contribution in [0, 0.1) is 0 Å². The fourth-order valence-electron chi connectivity index (χ4n) is 1.14. The Morgan fingerprint density at radius 2 is 2.18 bits per heavy atom. The largest absolute Gasteiger partial charge is 0.483 e. The molecule has 1 unspecified atom stereocenters. The lowest BCUT2D eigenvalue weighted by Gasteiger charge is -2.25. The second-order valence-corrected chi connectivity index (χ2v) is 2.66. The highest BCUT2D eigenvalue weighted by molar-refractivity contribution is 5.32. The van der Waals surface area contributed by atoms with E-state index in [1.165, 1.54) is 0 Å². The third-order valence-electron chi connectivity index (χ3n) is 1.60. The molecule has 11 heavy (non-hydrogen) atoms. The average molecular weight is 161 g/mol. The van der Waals surface area contributed by atoms with Gasteiger partial charge in [0, 0.05) is 6.54 Å². The number of carboxylic acid groups (broad SMARTS) is 1. The van der Waals surface area contributed by atoms with Gasteiger partial charge in [-0.2, -0.15) is 0 Å². The number of hydrogen-bond acceptors (Lipinski definition) is 3. The average Bonchev–Trinajstić information content (AvgIpc) is 1.88. The van der Waals surface area contributed by atoms with Crippen LogP contribution in [0.2, 0.25) is 0 Å². The summed E-state index contributed by atoms with van der Waals surface area (Å²) in [6.07, 6.45) is 2.08. The van der Waals surface area contributed by atoms with Gasteiger partial charge in [-0.1, -0.05) is 0 Å². The molecule has 0 aliphatic carbocycles. The number of β-amino-alcohol motifs (C(OH)–C–C–N with tert-alkyl or cyclic N) is 1. The first kappa shape index (κ1) is 10.4. The Morgan fingerprint density at radius 3 is 2.45 bits per heavy atom. The standard InChI is InChI=1S/C6H13NO.CH2O2/c1-7-4-2-3-6(8)5-7;2-1-3/h6,8H,2-5H2,1H3;1H,(H,2,3). The van der Waals surface area contributed by atoms with E-state index in [1.807, 2.05) is 7.05 Å². The summed E-state index contributed by atoms with van der Waals surface area (Å²) in [6.45, 7) is 1.76. The summed E-state index contributed by atoms with van der Waals surface area (Å²) >= 11 is 0. The molecular weight excluding hydrogens is 146 g/mol. The first-order valence-corrected chi connectivity index (χ1v) is 3.65. The van der Waals surface area contributed by atoms with Gasteiger partial charge in [-0.05, 0) is 26.4 Å². The summed E-state index contributed by atoms with van der Waals surface area (Å²) in [7, 11) is 2.04. The van der Waals surface area contributed by atoms with Crippen molar-refractivity contribution in [3.8, 4) is 0 Å². The summed E-state index contributed by atoms with van der Waals surface area (Å²) in [5.41, 5.74) is 0. The molecule has 1 aliphatic rings. The van der Waals surface area contributed by atoms with Gasteiger partial charge in [-0.15, -0.1) is 0 Å². The molecule has 4 nitrogen and oxygen atoms in total. The monoisotopic (exact) mass is 161 g/mol. The SMILES string of the molecule is CN1CCCC(O)C1.O=CO. The van der Waals surface area contributed by atoms with E-state index in [0.717, 1.165) is 25.9 Å². The molecule has 1 aliphatic heterocycles. The van der Waals surface area contributed by atoms with Gasteiger partial charge in [0.15, 0.2) is 0 Å². The van der Waals surface area contributed by atoms with Crippen molar-refractivity contribution >= 4 is 6.47 Å². The molecule has 66 valence electrons. The lowest BCUT2D eigenvalue weighted by Crippen LogP contribution is -2.34. The topological polar surface area (TPSA) is 60.8 Å². The van der Waals surface area contributed by atoms with E-state index in [9.17, 15) is 0 Å². The first-order valence-electron chi connectivity index (χ1n) is 3.65. The number of hydrogen-bond donors (Lipinski definition) is 2. The molecule has 0 aromatic rings. The Labute approximate surface area is 66.4 Å². The van der Waals surface area contributed by atoms with Crippen LogP contribution in [-0.4, -0.2) is 47.8 Å². The van der Waals surface area contributed by atoms with Crippen LogP contribution in [0.15, 0.2) is 0 Å². The summed E-state index contributed by atoms with van der Waals surface area (Å²) in [5.74, 6) is 0. The van der Waals surface area contributed by atoms with Crippen molar-refractivity contribution in [1.29, 1.82) is 0 Å². The molecule has 0 aromatic heterocycles. The minimum atomic E-state index is -0.250. The number of carbonyl (C=O) groups is 1. The highest BCUT2D eigenvalue weighted by atomic mass is 16.3. The van der Waals surface area contributed by atoms with Gasteiger partial charge in [0.25, 0.3) is 6.47 Å². The van der Waals surface area contributed by atoms with Crippen molar-refractivity contribution in [2.45, 2.75) is 18.9 Å². The molecule has 1 fully saturated rings. The fourth-order valence-corrected chi connectivity index (χ4v) is 1.14. The van der Waals surface area contributed by atoms with Gasteiger partial charge in [0.2, 0.25) is 0 Å². The number of likely N-dealkylation sites (tertiary alicyclic amines) is 1. The number of aliphatic hydroxyl groups excluding tert-OH is 1. The molecule has 1 atom stereocenters. The van der Waals surface area contributed by atoms with E-state index in [4.69, 9.17) is 15.0 Å². The molecule has 1 saturated heterocycles. The van der Waals surface area contributed by atoms with Crippen LogP contribution in [0.1, 0.15) is 12.8 Å². The lowest BCUT2D eigenvalue weighted by atomic mass is 10.1. The fraction of sp³-hybridized carbons (Fsp3) is 0.857. The molecule has 1 heterocycles. The van der Waals surface area contributed by atoms with Crippen molar-refractivity contribution in [1.82, 2.24) is 4.90 Å². The summed E-state index contributed by atoms with van der Waals surface area (Å²) < 4.78 is 0. The highest BCUT2D eigenvalue weighted by Crippen LogP contribution is 2.06. The number of rotatable bonds is 0. The van der Waals surface area contributed by atoms with Crippen LogP contribution in [-0.2, 0) is 4.79 Å². The van der Waals surface area contributed by atoms with Crippen LogP contribution in [0.5, 0.6) is 0 Å². The van der Waals surface area contributed by atoms with Crippen LogP contribution < -0.4 is 0 Å². The number of piperidine rings is 1. The van der Waals surface area contributed by atoms with Gasteiger partial charge in [0.1, 0.15) is 0 Å². The van der Waals surface area contributed by atoms with Crippen molar-refractivity contribution < 1.29 is 15.0 Å². The Balaban J connectivity index is 0.000000292. The zero-order valence-electron chi connectivity index (χ0n) is 6.73. The molecule has 1 rings (SSSR count). The Bertz CT molecular complexity index is 99.9.